The van der Waals surface area contributed by atoms with Crippen molar-refractivity contribution in [1.82, 2.24) is 14.9 Å². The van der Waals surface area contributed by atoms with Gasteiger partial charge in [-0.15, -0.1) is 0 Å². The molecule has 1 aliphatic carbocycles. The van der Waals surface area contributed by atoms with Gasteiger partial charge in [-0.3, -0.25) is 4.90 Å². The highest BCUT2D eigenvalue weighted by Crippen LogP contribution is 2.31. The lowest BCUT2D eigenvalue weighted by molar-refractivity contribution is 0.238. The first kappa shape index (κ1) is 12.1. The molecule has 98 valence electrons. The predicted molar refractivity (Wildman–Crippen MR) is 72.4 cm³/mol. The van der Waals surface area contributed by atoms with Gasteiger partial charge in [0.2, 0.25) is 0 Å². The van der Waals surface area contributed by atoms with E-state index in [1.54, 1.807) is 0 Å². The van der Waals surface area contributed by atoms with Crippen molar-refractivity contribution in [3.63, 3.8) is 0 Å². The van der Waals surface area contributed by atoms with Crippen LogP contribution >= 0.6 is 0 Å². The number of rotatable bonds is 2. The fourth-order valence-corrected chi connectivity index (χ4v) is 2.54. The fraction of sp³-hybridized carbons (Fsp3) is 0.733. The van der Waals surface area contributed by atoms with Gasteiger partial charge >= 0.3 is 0 Å². The molecule has 1 fully saturated rings. The standard InChI is InChI=1S/C15H23N3/c1-15(2,3)14-16-8-12-6-7-18(9-11-4-5-11)10-13(12)17-14/h8,11H,4-7,9-10H2,1-3H3. The number of fused-ring (bicyclic) bond motifs is 1. The maximum absolute atomic E-state index is 4.81. The van der Waals surface area contributed by atoms with Crippen LogP contribution in [-0.2, 0) is 18.4 Å². The fourth-order valence-electron chi connectivity index (χ4n) is 2.54. The van der Waals surface area contributed by atoms with E-state index in [1.807, 2.05) is 0 Å². The molecular formula is C15H23N3. The van der Waals surface area contributed by atoms with E-state index in [0.717, 1.165) is 24.7 Å². The molecule has 0 N–H and O–H groups in total. The number of aromatic nitrogens is 2. The third-order valence-corrected chi connectivity index (χ3v) is 3.91. The van der Waals surface area contributed by atoms with Gasteiger partial charge in [0.1, 0.15) is 5.82 Å². The minimum absolute atomic E-state index is 0.0494. The van der Waals surface area contributed by atoms with E-state index < -0.39 is 0 Å². The highest BCUT2D eigenvalue weighted by Gasteiger charge is 2.27. The Hall–Kier alpha value is -0.960. The van der Waals surface area contributed by atoms with E-state index in [1.165, 1.54) is 37.2 Å². The van der Waals surface area contributed by atoms with Crippen LogP contribution in [0.5, 0.6) is 0 Å². The van der Waals surface area contributed by atoms with Crippen LogP contribution < -0.4 is 0 Å². The van der Waals surface area contributed by atoms with Crippen molar-refractivity contribution in [2.45, 2.75) is 52.0 Å². The van der Waals surface area contributed by atoms with Crippen molar-refractivity contribution in [3.05, 3.63) is 23.3 Å². The molecule has 0 saturated heterocycles. The van der Waals surface area contributed by atoms with E-state index in [4.69, 9.17) is 4.98 Å². The van der Waals surface area contributed by atoms with Crippen molar-refractivity contribution in [2.24, 2.45) is 5.92 Å². The first-order valence-electron chi connectivity index (χ1n) is 7.10. The van der Waals surface area contributed by atoms with Gasteiger partial charge in [0.15, 0.2) is 0 Å². The zero-order valence-corrected chi connectivity index (χ0v) is 11.7. The van der Waals surface area contributed by atoms with Crippen molar-refractivity contribution in [2.75, 3.05) is 13.1 Å². The summed E-state index contributed by atoms with van der Waals surface area (Å²) in [5.41, 5.74) is 2.67. The zero-order chi connectivity index (χ0) is 12.8. The summed E-state index contributed by atoms with van der Waals surface area (Å²) in [4.78, 5) is 11.9. The Morgan fingerprint density at radius 2 is 2.11 bits per heavy atom. The molecule has 0 unspecified atom stereocenters. The summed E-state index contributed by atoms with van der Waals surface area (Å²) in [5.74, 6) is 1.95. The van der Waals surface area contributed by atoms with Crippen LogP contribution in [0.2, 0.25) is 0 Å². The van der Waals surface area contributed by atoms with Crippen LogP contribution in [-0.4, -0.2) is 28.0 Å². The maximum Gasteiger partial charge on any atom is 0.133 e. The molecule has 0 aromatic carbocycles. The summed E-state index contributed by atoms with van der Waals surface area (Å²) in [6.07, 6.45) is 6.03. The molecule has 1 aliphatic heterocycles. The number of hydrogen-bond acceptors (Lipinski definition) is 3. The van der Waals surface area contributed by atoms with Crippen LogP contribution in [0.3, 0.4) is 0 Å². The van der Waals surface area contributed by atoms with Crippen LogP contribution in [0.25, 0.3) is 0 Å². The third kappa shape index (κ3) is 2.56. The first-order chi connectivity index (χ1) is 8.52. The first-order valence-corrected chi connectivity index (χ1v) is 7.10. The molecule has 3 heteroatoms. The summed E-state index contributed by atoms with van der Waals surface area (Å²) in [6.45, 7) is 10.0. The second kappa shape index (κ2) is 4.30. The Bertz CT molecular complexity index is 444. The zero-order valence-electron chi connectivity index (χ0n) is 11.7. The molecule has 3 rings (SSSR count). The SMILES string of the molecule is CC(C)(C)c1ncc2c(n1)CN(CC1CC1)CC2. The Morgan fingerprint density at radius 1 is 1.33 bits per heavy atom. The molecule has 1 aromatic heterocycles. The number of nitrogens with zero attached hydrogens (tertiary/aromatic N) is 3. The predicted octanol–water partition coefficient (Wildman–Crippen LogP) is 2.54. The molecule has 0 bridgehead atoms. The van der Waals surface area contributed by atoms with Gasteiger partial charge in [0.05, 0.1) is 5.69 Å². The van der Waals surface area contributed by atoms with Crippen LogP contribution in [0, 0.1) is 5.92 Å². The lowest BCUT2D eigenvalue weighted by atomic mass is 9.95. The van der Waals surface area contributed by atoms with Crippen molar-refractivity contribution in [1.29, 1.82) is 0 Å². The highest BCUT2D eigenvalue weighted by atomic mass is 15.1. The molecule has 1 saturated carbocycles. The third-order valence-electron chi connectivity index (χ3n) is 3.91. The largest absolute Gasteiger partial charge is 0.297 e. The highest BCUT2D eigenvalue weighted by molar-refractivity contribution is 5.22. The minimum atomic E-state index is 0.0494. The van der Waals surface area contributed by atoms with Crippen LogP contribution in [0.1, 0.15) is 50.7 Å². The molecule has 0 amide bonds. The quantitative estimate of drug-likeness (QED) is 0.802. The maximum atomic E-state index is 4.81. The van der Waals surface area contributed by atoms with Gasteiger partial charge in [-0.1, -0.05) is 20.8 Å². The Balaban J connectivity index is 1.79. The topological polar surface area (TPSA) is 29.0 Å². The smallest absolute Gasteiger partial charge is 0.133 e. The van der Waals surface area contributed by atoms with Crippen LogP contribution in [0.15, 0.2) is 6.20 Å². The summed E-state index contributed by atoms with van der Waals surface area (Å²) in [6, 6.07) is 0. The Kier molecular flexibility index (Phi) is 2.89. The minimum Gasteiger partial charge on any atom is -0.297 e. The lowest BCUT2D eigenvalue weighted by Crippen LogP contribution is -2.33. The lowest BCUT2D eigenvalue weighted by Gasteiger charge is -2.29. The molecular weight excluding hydrogens is 222 g/mol. The summed E-state index contributed by atoms with van der Waals surface area (Å²) < 4.78 is 0. The van der Waals surface area contributed by atoms with Gasteiger partial charge in [-0.2, -0.15) is 0 Å². The Labute approximate surface area is 110 Å². The van der Waals surface area contributed by atoms with Gasteiger partial charge in [-0.05, 0) is 30.7 Å². The van der Waals surface area contributed by atoms with Crippen molar-refractivity contribution >= 4 is 0 Å². The second-order valence-corrected chi connectivity index (χ2v) is 6.84. The van der Waals surface area contributed by atoms with Crippen LogP contribution in [0.4, 0.5) is 0 Å². The second-order valence-electron chi connectivity index (χ2n) is 6.84. The molecule has 0 atom stereocenters. The van der Waals surface area contributed by atoms with Crippen molar-refractivity contribution < 1.29 is 0 Å². The monoisotopic (exact) mass is 245 g/mol. The normalized spacial score (nSPS) is 20.8. The Morgan fingerprint density at radius 3 is 2.78 bits per heavy atom. The van der Waals surface area contributed by atoms with Gasteiger partial charge in [0.25, 0.3) is 0 Å². The summed E-state index contributed by atoms with van der Waals surface area (Å²) >= 11 is 0. The van der Waals surface area contributed by atoms with Gasteiger partial charge in [-0.25, -0.2) is 9.97 Å². The van der Waals surface area contributed by atoms with E-state index in [2.05, 4.69) is 36.9 Å². The van der Waals surface area contributed by atoms with E-state index in [0.29, 0.717) is 0 Å². The molecule has 18 heavy (non-hydrogen) atoms. The molecule has 2 aliphatic rings. The average Bonchev–Trinajstić information content (AvgIpc) is 3.11. The van der Waals surface area contributed by atoms with E-state index in [9.17, 15) is 0 Å². The molecule has 0 radical (unpaired) electrons. The molecule has 1 aromatic rings. The van der Waals surface area contributed by atoms with E-state index >= 15 is 0 Å². The molecule has 2 heterocycles. The molecule has 0 spiro atoms. The van der Waals surface area contributed by atoms with Gasteiger partial charge < -0.3 is 0 Å². The summed E-state index contributed by atoms with van der Waals surface area (Å²) in [5, 5.41) is 0. The number of hydrogen-bond donors (Lipinski definition) is 0. The summed E-state index contributed by atoms with van der Waals surface area (Å²) in [7, 11) is 0. The van der Waals surface area contributed by atoms with Crippen molar-refractivity contribution in [3.8, 4) is 0 Å². The average molecular weight is 245 g/mol. The van der Waals surface area contributed by atoms with Gasteiger partial charge in [0, 0.05) is 31.2 Å². The molecule has 3 nitrogen and oxygen atoms in total. The van der Waals surface area contributed by atoms with E-state index in [-0.39, 0.29) is 5.41 Å².